The normalized spacial score (nSPS) is 50.7. The average Bonchev–Trinajstić information content (AvgIpc) is 2.84. The number of hydrogen-bond donors (Lipinski definition) is 0. The Labute approximate surface area is 111 Å². The lowest BCUT2D eigenvalue weighted by Crippen LogP contribution is -2.41. The van der Waals surface area contributed by atoms with Crippen molar-refractivity contribution in [1.82, 2.24) is 0 Å². The Morgan fingerprint density at radius 3 is 2.50 bits per heavy atom. The largest absolute Gasteiger partial charge is 0.375 e. The van der Waals surface area contributed by atoms with Crippen LogP contribution in [0.15, 0.2) is 0 Å². The summed E-state index contributed by atoms with van der Waals surface area (Å²) >= 11 is 0. The summed E-state index contributed by atoms with van der Waals surface area (Å²) in [7, 11) is 0. The van der Waals surface area contributed by atoms with Gasteiger partial charge in [-0.25, -0.2) is 0 Å². The van der Waals surface area contributed by atoms with E-state index in [1.165, 1.54) is 38.5 Å². The lowest BCUT2D eigenvalue weighted by atomic mass is 9.70. The quantitative estimate of drug-likeness (QED) is 0.695. The van der Waals surface area contributed by atoms with Crippen molar-refractivity contribution < 1.29 is 9.47 Å². The molecular weight excluding hydrogens is 224 g/mol. The van der Waals surface area contributed by atoms with E-state index in [-0.39, 0.29) is 16.8 Å². The Kier molecular flexibility index (Phi) is 2.84. The predicted molar refractivity (Wildman–Crippen MR) is 72.6 cm³/mol. The lowest BCUT2D eigenvalue weighted by Gasteiger charge is -2.41. The fourth-order valence-electron chi connectivity index (χ4n) is 4.31. The molecule has 2 heterocycles. The third-order valence-corrected chi connectivity index (χ3v) is 6.01. The smallest absolute Gasteiger partial charge is 0.0951 e. The molecule has 0 bridgehead atoms. The van der Waals surface area contributed by atoms with Gasteiger partial charge in [0.1, 0.15) is 0 Å². The first-order valence-corrected chi connectivity index (χ1v) is 7.69. The maximum Gasteiger partial charge on any atom is 0.0951 e. The van der Waals surface area contributed by atoms with Gasteiger partial charge in [0.05, 0.1) is 16.8 Å². The van der Waals surface area contributed by atoms with Crippen LogP contribution in [0.3, 0.4) is 0 Å². The molecule has 4 atom stereocenters. The molecule has 3 fully saturated rings. The van der Waals surface area contributed by atoms with E-state index >= 15 is 0 Å². The van der Waals surface area contributed by atoms with Crippen LogP contribution < -0.4 is 0 Å². The van der Waals surface area contributed by atoms with E-state index < -0.39 is 0 Å². The molecule has 18 heavy (non-hydrogen) atoms. The van der Waals surface area contributed by atoms with E-state index in [9.17, 15) is 0 Å². The van der Waals surface area contributed by atoms with E-state index in [0.29, 0.717) is 0 Å². The first kappa shape index (κ1) is 12.9. The minimum atomic E-state index is 0.0876. The third kappa shape index (κ3) is 2.02. The van der Waals surface area contributed by atoms with Crippen LogP contribution in [0, 0.1) is 11.8 Å². The Hall–Kier alpha value is -0.0800. The Morgan fingerprint density at radius 1 is 1.06 bits per heavy atom. The van der Waals surface area contributed by atoms with Crippen molar-refractivity contribution in [1.29, 1.82) is 0 Å². The Balaban J connectivity index is 1.60. The molecule has 0 aromatic carbocycles. The molecule has 2 aliphatic heterocycles. The Bertz CT molecular complexity index is 338. The van der Waals surface area contributed by atoms with Crippen molar-refractivity contribution in [3.63, 3.8) is 0 Å². The van der Waals surface area contributed by atoms with Crippen LogP contribution in [0.4, 0.5) is 0 Å². The van der Waals surface area contributed by atoms with Gasteiger partial charge in [0.25, 0.3) is 0 Å². The van der Waals surface area contributed by atoms with Gasteiger partial charge in [-0.1, -0.05) is 0 Å². The van der Waals surface area contributed by atoms with Crippen molar-refractivity contribution in [2.75, 3.05) is 6.61 Å². The highest BCUT2D eigenvalue weighted by atomic mass is 16.6. The van der Waals surface area contributed by atoms with E-state index in [2.05, 4.69) is 27.7 Å². The van der Waals surface area contributed by atoms with Crippen LogP contribution in [0.2, 0.25) is 0 Å². The molecule has 4 unspecified atom stereocenters. The maximum atomic E-state index is 5.99. The van der Waals surface area contributed by atoms with Gasteiger partial charge >= 0.3 is 0 Å². The van der Waals surface area contributed by atoms with Gasteiger partial charge in [-0.3, -0.25) is 0 Å². The summed E-state index contributed by atoms with van der Waals surface area (Å²) in [4.78, 5) is 0. The molecule has 1 aliphatic carbocycles. The van der Waals surface area contributed by atoms with Gasteiger partial charge in [-0.05, 0) is 78.1 Å². The molecule has 0 N–H and O–H groups in total. The fourth-order valence-corrected chi connectivity index (χ4v) is 4.31. The molecule has 3 aliphatic rings. The van der Waals surface area contributed by atoms with Gasteiger partial charge in [-0.15, -0.1) is 0 Å². The molecule has 2 saturated heterocycles. The molecule has 0 aromatic heterocycles. The minimum absolute atomic E-state index is 0.0876. The molecule has 1 saturated carbocycles. The second-order valence-electron chi connectivity index (χ2n) is 7.70. The monoisotopic (exact) mass is 252 g/mol. The van der Waals surface area contributed by atoms with E-state index in [1.807, 2.05) is 0 Å². The molecule has 0 radical (unpaired) electrons. The zero-order valence-corrected chi connectivity index (χ0v) is 12.4. The van der Waals surface area contributed by atoms with E-state index in [4.69, 9.17) is 9.47 Å². The average molecular weight is 252 g/mol. The molecule has 0 amide bonds. The third-order valence-electron chi connectivity index (χ3n) is 6.01. The van der Waals surface area contributed by atoms with Gasteiger partial charge < -0.3 is 9.47 Å². The van der Waals surface area contributed by atoms with Crippen molar-refractivity contribution in [3.8, 4) is 0 Å². The SMILES string of the molecule is CC1(C)OCCCC1CC1CCC2(C)OC2(C)C1. The summed E-state index contributed by atoms with van der Waals surface area (Å²) in [5.74, 6) is 1.58. The number of rotatable bonds is 2. The minimum Gasteiger partial charge on any atom is -0.375 e. The summed E-state index contributed by atoms with van der Waals surface area (Å²) in [6, 6.07) is 0. The van der Waals surface area contributed by atoms with Crippen LogP contribution in [-0.2, 0) is 9.47 Å². The topological polar surface area (TPSA) is 21.8 Å². The number of fused-ring (bicyclic) bond motifs is 1. The lowest BCUT2D eigenvalue weighted by molar-refractivity contribution is -0.101. The summed E-state index contributed by atoms with van der Waals surface area (Å²) in [5, 5.41) is 0. The van der Waals surface area contributed by atoms with Crippen LogP contribution in [0.25, 0.3) is 0 Å². The zero-order chi connectivity index (χ0) is 13.0. The summed E-state index contributed by atoms with van der Waals surface area (Å²) < 4.78 is 12.0. The van der Waals surface area contributed by atoms with Crippen LogP contribution >= 0.6 is 0 Å². The first-order chi connectivity index (χ1) is 8.35. The van der Waals surface area contributed by atoms with Gasteiger partial charge in [0.15, 0.2) is 0 Å². The number of ether oxygens (including phenoxy) is 2. The molecule has 104 valence electrons. The highest BCUT2D eigenvalue weighted by Crippen LogP contribution is 2.59. The number of hydrogen-bond acceptors (Lipinski definition) is 2. The van der Waals surface area contributed by atoms with Crippen LogP contribution in [0.5, 0.6) is 0 Å². The van der Waals surface area contributed by atoms with E-state index in [1.54, 1.807) is 0 Å². The Morgan fingerprint density at radius 2 is 1.83 bits per heavy atom. The summed E-state index contributed by atoms with van der Waals surface area (Å²) in [6.07, 6.45) is 7.78. The van der Waals surface area contributed by atoms with Gasteiger partial charge in [-0.2, -0.15) is 0 Å². The van der Waals surface area contributed by atoms with Crippen LogP contribution in [-0.4, -0.2) is 23.4 Å². The maximum absolute atomic E-state index is 5.99. The summed E-state index contributed by atoms with van der Waals surface area (Å²) in [6.45, 7) is 10.1. The first-order valence-electron chi connectivity index (χ1n) is 7.69. The van der Waals surface area contributed by atoms with Crippen molar-refractivity contribution in [2.24, 2.45) is 11.8 Å². The second kappa shape index (κ2) is 3.96. The highest BCUT2D eigenvalue weighted by molar-refractivity contribution is 5.14. The van der Waals surface area contributed by atoms with Gasteiger partial charge in [0, 0.05) is 6.61 Å². The molecule has 2 nitrogen and oxygen atoms in total. The van der Waals surface area contributed by atoms with Crippen molar-refractivity contribution in [2.45, 2.75) is 83.0 Å². The van der Waals surface area contributed by atoms with Gasteiger partial charge in [0.2, 0.25) is 0 Å². The molecule has 0 spiro atoms. The molecule has 3 rings (SSSR count). The van der Waals surface area contributed by atoms with Crippen molar-refractivity contribution in [3.05, 3.63) is 0 Å². The molecular formula is C16H28O2. The standard InChI is InChI=1S/C16H28O2/c1-14(2)13(6-5-9-17-14)10-12-7-8-15(3)16(4,11-12)18-15/h12-13H,5-11H2,1-4H3. The molecule has 2 heteroatoms. The van der Waals surface area contributed by atoms with E-state index in [0.717, 1.165) is 18.4 Å². The fraction of sp³-hybridized carbons (Fsp3) is 1.00. The predicted octanol–water partition coefficient (Wildman–Crippen LogP) is 3.93. The van der Waals surface area contributed by atoms with Crippen molar-refractivity contribution >= 4 is 0 Å². The zero-order valence-electron chi connectivity index (χ0n) is 12.4. The second-order valence-corrected chi connectivity index (χ2v) is 7.70. The number of epoxide rings is 1. The molecule has 0 aromatic rings. The highest BCUT2D eigenvalue weighted by Gasteiger charge is 2.65. The summed E-state index contributed by atoms with van der Waals surface area (Å²) in [5.41, 5.74) is 0.488. The van der Waals surface area contributed by atoms with Crippen LogP contribution in [0.1, 0.15) is 66.2 Å².